The van der Waals surface area contributed by atoms with Gasteiger partial charge in [0.15, 0.2) is 0 Å². The quantitative estimate of drug-likeness (QED) is 0.901. The average molecular weight is 274 g/mol. The van der Waals surface area contributed by atoms with Gasteiger partial charge in [-0.2, -0.15) is 0 Å². The number of carboxylic acids is 1. The number of hydrogen-bond donors (Lipinski definition) is 2. The maximum absolute atomic E-state index is 13.0. The van der Waals surface area contributed by atoms with Crippen molar-refractivity contribution in [2.45, 2.75) is 6.92 Å². The Balaban J connectivity index is 2.29. The number of hydrogen-bond acceptors (Lipinski definition) is 3. The summed E-state index contributed by atoms with van der Waals surface area (Å²) in [5, 5.41) is 11.5. The van der Waals surface area contributed by atoms with Crippen molar-refractivity contribution < 1.29 is 19.1 Å². The fraction of sp³-hybridized carbons (Fsp3) is 0.0714. The summed E-state index contributed by atoms with van der Waals surface area (Å²) >= 11 is 0. The number of anilines is 1. The molecule has 1 heterocycles. The number of nitrogens with zero attached hydrogens (tertiary/aromatic N) is 1. The molecular weight excluding hydrogens is 263 g/mol. The van der Waals surface area contributed by atoms with E-state index in [4.69, 9.17) is 5.11 Å². The van der Waals surface area contributed by atoms with Crippen molar-refractivity contribution in [3.8, 4) is 0 Å². The van der Waals surface area contributed by atoms with E-state index < -0.39 is 17.7 Å². The molecule has 6 heteroatoms. The molecule has 0 aliphatic carbocycles. The average Bonchev–Trinajstić information content (AvgIpc) is 2.40. The van der Waals surface area contributed by atoms with Gasteiger partial charge in [0.2, 0.25) is 0 Å². The third-order valence-corrected chi connectivity index (χ3v) is 2.78. The van der Waals surface area contributed by atoms with Crippen LogP contribution in [0.1, 0.15) is 26.3 Å². The van der Waals surface area contributed by atoms with Gasteiger partial charge in [-0.3, -0.25) is 9.78 Å². The van der Waals surface area contributed by atoms with Gasteiger partial charge in [-0.15, -0.1) is 0 Å². The molecule has 0 saturated heterocycles. The molecule has 0 aliphatic rings. The molecule has 2 aromatic rings. The topological polar surface area (TPSA) is 79.3 Å². The van der Waals surface area contributed by atoms with Gasteiger partial charge in [0.05, 0.1) is 17.3 Å². The van der Waals surface area contributed by atoms with Crippen molar-refractivity contribution in [1.82, 2.24) is 4.98 Å². The largest absolute Gasteiger partial charge is 0.478 e. The van der Waals surface area contributed by atoms with Crippen molar-refractivity contribution in [2.24, 2.45) is 0 Å². The van der Waals surface area contributed by atoms with Gasteiger partial charge < -0.3 is 10.4 Å². The maximum Gasteiger partial charge on any atom is 0.336 e. The molecule has 1 amide bonds. The Morgan fingerprint density at radius 2 is 2.05 bits per heavy atom. The molecule has 20 heavy (non-hydrogen) atoms. The third-order valence-electron chi connectivity index (χ3n) is 2.78. The molecule has 1 aromatic heterocycles. The second-order valence-electron chi connectivity index (χ2n) is 4.13. The van der Waals surface area contributed by atoms with Crippen LogP contribution in [0.2, 0.25) is 0 Å². The van der Waals surface area contributed by atoms with Crippen LogP contribution in [0.3, 0.4) is 0 Å². The number of carboxylic acid groups (broad SMARTS) is 1. The van der Waals surface area contributed by atoms with Gasteiger partial charge in [0.1, 0.15) is 5.82 Å². The second kappa shape index (κ2) is 5.48. The van der Waals surface area contributed by atoms with Crippen molar-refractivity contribution in [3.63, 3.8) is 0 Å². The van der Waals surface area contributed by atoms with E-state index in [-0.39, 0.29) is 11.1 Å². The number of aromatic nitrogens is 1. The molecule has 0 unspecified atom stereocenters. The highest BCUT2D eigenvalue weighted by Gasteiger charge is 2.13. The Bertz CT molecular complexity index is 686. The molecule has 5 nitrogen and oxygen atoms in total. The van der Waals surface area contributed by atoms with E-state index in [0.717, 1.165) is 12.3 Å². The third kappa shape index (κ3) is 2.80. The van der Waals surface area contributed by atoms with Gasteiger partial charge in [-0.05, 0) is 30.7 Å². The van der Waals surface area contributed by atoms with Crippen molar-refractivity contribution >= 4 is 17.6 Å². The van der Waals surface area contributed by atoms with Crippen molar-refractivity contribution in [2.75, 3.05) is 5.32 Å². The van der Waals surface area contributed by atoms with Crippen LogP contribution in [-0.4, -0.2) is 22.0 Å². The molecule has 0 fully saturated rings. The molecule has 0 spiro atoms. The van der Waals surface area contributed by atoms with E-state index in [9.17, 15) is 14.0 Å². The summed E-state index contributed by atoms with van der Waals surface area (Å²) in [6.07, 6.45) is 2.22. The standard InChI is InChI=1S/C14H11FN2O3/c1-8-11(14(19)20)3-2-4-12(8)17-13(18)9-5-10(15)7-16-6-9/h2-7H,1H3,(H,17,18)(H,19,20). The predicted octanol–water partition coefficient (Wildman–Crippen LogP) is 2.48. The minimum absolute atomic E-state index is 0.0603. The summed E-state index contributed by atoms with van der Waals surface area (Å²) in [7, 11) is 0. The summed E-state index contributed by atoms with van der Waals surface area (Å²) in [5.41, 5.74) is 0.946. The van der Waals surface area contributed by atoms with Gasteiger partial charge in [-0.25, -0.2) is 9.18 Å². The smallest absolute Gasteiger partial charge is 0.336 e. The highest BCUT2D eigenvalue weighted by molar-refractivity contribution is 6.05. The number of benzene rings is 1. The number of carbonyl (C=O) groups is 2. The lowest BCUT2D eigenvalue weighted by Gasteiger charge is -2.10. The zero-order chi connectivity index (χ0) is 14.7. The summed E-state index contributed by atoms with van der Waals surface area (Å²) < 4.78 is 13.0. The first-order chi connectivity index (χ1) is 9.49. The number of amides is 1. The summed E-state index contributed by atoms with van der Waals surface area (Å²) in [6.45, 7) is 1.59. The second-order valence-corrected chi connectivity index (χ2v) is 4.13. The Labute approximate surface area is 114 Å². The van der Waals surface area contributed by atoms with E-state index in [2.05, 4.69) is 10.3 Å². The zero-order valence-corrected chi connectivity index (χ0v) is 10.6. The Morgan fingerprint density at radius 3 is 2.70 bits per heavy atom. The van der Waals surface area contributed by atoms with Crippen molar-refractivity contribution in [3.05, 3.63) is 59.2 Å². The lowest BCUT2D eigenvalue weighted by molar-refractivity contribution is 0.0695. The SMILES string of the molecule is Cc1c(NC(=O)c2cncc(F)c2)cccc1C(=O)O. The molecule has 0 aliphatic heterocycles. The van der Waals surface area contributed by atoms with Crippen LogP contribution < -0.4 is 5.32 Å². The normalized spacial score (nSPS) is 10.1. The van der Waals surface area contributed by atoms with Crippen LogP contribution in [0.5, 0.6) is 0 Å². The first kappa shape index (κ1) is 13.7. The summed E-state index contributed by atoms with van der Waals surface area (Å²) in [5.74, 6) is -2.25. The van der Waals surface area contributed by atoms with Crippen LogP contribution in [0.4, 0.5) is 10.1 Å². The molecular formula is C14H11FN2O3. The lowest BCUT2D eigenvalue weighted by atomic mass is 10.1. The van der Waals surface area contributed by atoms with Gasteiger partial charge in [0.25, 0.3) is 5.91 Å². The Morgan fingerprint density at radius 1 is 1.30 bits per heavy atom. The van der Waals surface area contributed by atoms with Crippen LogP contribution in [0, 0.1) is 12.7 Å². The highest BCUT2D eigenvalue weighted by atomic mass is 19.1. The monoisotopic (exact) mass is 274 g/mol. The van der Waals surface area contributed by atoms with Crippen LogP contribution >= 0.6 is 0 Å². The molecule has 0 atom stereocenters. The highest BCUT2D eigenvalue weighted by Crippen LogP contribution is 2.19. The Kier molecular flexibility index (Phi) is 3.74. The van der Waals surface area contributed by atoms with Gasteiger partial charge >= 0.3 is 5.97 Å². The predicted molar refractivity (Wildman–Crippen MR) is 70.3 cm³/mol. The van der Waals surface area contributed by atoms with Crippen LogP contribution in [-0.2, 0) is 0 Å². The molecule has 102 valence electrons. The van der Waals surface area contributed by atoms with Gasteiger partial charge in [0, 0.05) is 11.9 Å². The number of aromatic carboxylic acids is 1. The van der Waals surface area contributed by atoms with Crippen molar-refractivity contribution in [1.29, 1.82) is 0 Å². The zero-order valence-electron chi connectivity index (χ0n) is 10.6. The summed E-state index contributed by atoms with van der Waals surface area (Å²) in [6, 6.07) is 5.60. The molecule has 2 N–H and O–H groups in total. The lowest BCUT2D eigenvalue weighted by Crippen LogP contribution is -2.14. The van der Waals surface area contributed by atoms with E-state index >= 15 is 0 Å². The van der Waals surface area contributed by atoms with E-state index in [1.807, 2.05) is 0 Å². The van der Waals surface area contributed by atoms with Gasteiger partial charge in [-0.1, -0.05) is 6.07 Å². The first-order valence-corrected chi connectivity index (χ1v) is 5.74. The molecule has 1 aromatic carbocycles. The summed E-state index contributed by atoms with van der Waals surface area (Å²) in [4.78, 5) is 26.5. The minimum Gasteiger partial charge on any atom is -0.478 e. The fourth-order valence-electron chi connectivity index (χ4n) is 1.73. The number of pyridine rings is 1. The number of halogens is 1. The minimum atomic E-state index is -1.08. The molecule has 0 bridgehead atoms. The molecule has 0 saturated carbocycles. The van der Waals surface area contributed by atoms with Crippen LogP contribution in [0.25, 0.3) is 0 Å². The van der Waals surface area contributed by atoms with E-state index in [1.165, 1.54) is 18.3 Å². The van der Waals surface area contributed by atoms with E-state index in [0.29, 0.717) is 11.3 Å². The number of nitrogens with one attached hydrogen (secondary N) is 1. The molecule has 0 radical (unpaired) electrons. The molecule has 2 rings (SSSR count). The first-order valence-electron chi connectivity index (χ1n) is 5.74. The number of rotatable bonds is 3. The number of carbonyl (C=O) groups excluding carboxylic acids is 1. The van der Waals surface area contributed by atoms with Crippen LogP contribution in [0.15, 0.2) is 36.7 Å². The Hall–Kier alpha value is -2.76. The maximum atomic E-state index is 13.0. The fourth-order valence-corrected chi connectivity index (χ4v) is 1.73. The van der Waals surface area contributed by atoms with E-state index in [1.54, 1.807) is 13.0 Å².